The first-order chi connectivity index (χ1) is 9.22. The molecule has 0 saturated heterocycles. The van der Waals surface area contributed by atoms with Gasteiger partial charge in [0.05, 0.1) is 24.3 Å². The maximum absolute atomic E-state index is 8.96. The molecule has 2 aromatic rings. The Morgan fingerprint density at radius 3 is 2.05 bits per heavy atom. The van der Waals surface area contributed by atoms with Crippen molar-refractivity contribution >= 4 is 0 Å². The van der Waals surface area contributed by atoms with Crippen molar-refractivity contribution in [3.05, 3.63) is 59.7 Å². The second-order valence-electron chi connectivity index (χ2n) is 4.10. The summed E-state index contributed by atoms with van der Waals surface area (Å²) < 4.78 is 5.63. The summed E-state index contributed by atoms with van der Waals surface area (Å²) >= 11 is 0. The summed E-state index contributed by atoms with van der Waals surface area (Å²) in [6, 6.07) is 15.8. The second kappa shape index (κ2) is 6.01. The zero-order valence-electron chi connectivity index (χ0n) is 10.3. The van der Waals surface area contributed by atoms with E-state index in [9.17, 15) is 0 Å². The Labute approximate surface area is 111 Å². The minimum absolute atomic E-state index is 0.0875. The van der Waals surface area contributed by atoms with Crippen LogP contribution >= 0.6 is 0 Å². The maximum Gasteiger partial charge on any atom is 0.127 e. The summed E-state index contributed by atoms with van der Waals surface area (Å²) in [6.07, 6.45) is 0. The molecule has 0 heterocycles. The van der Waals surface area contributed by atoms with Gasteiger partial charge in [-0.15, -0.1) is 0 Å². The normalized spacial score (nSPS) is 11.6. The van der Waals surface area contributed by atoms with Gasteiger partial charge in [-0.25, -0.2) is 0 Å². The minimum atomic E-state index is -0.371. The van der Waals surface area contributed by atoms with E-state index in [1.54, 1.807) is 36.4 Å². The molecule has 3 N–H and O–H groups in total. The van der Waals surface area contributed by atoms with Crippen molar-refractivity contribution in [3.8, 4) is 17.6 Å². The molecule has 1 unspecified atom stereocenters. The van der Waals surface area contributed by atoms with Gasteiger partial charge < -0.3 is 15.6 Å². The number of aliphatic hydroxyl groups excluding tert-OH is 1. The molecule has 0 saturated carbocycles. The third-order valence-electron chi connectivity index (χ3n) is 2.72. The van der Waals surface area contributed by atoms with Gasteiger partial charge in [0.15, 0.2) is 0 Å². The van der Waals surface area contributed by atoms with Crippen LogP contribution in [0.1, 0.15) is 17.2 Å². The topological polar surface area (TPSA) is 79.3 Å². The molecule has 0 aliphatic rings. The van der Waals surface area contributed by atoms with Gasteiger partial charge in [0.1, 0.15) is 11.5 Å². The Bertz CT molecular complexity index is 571. The van der Waals surface area contributed by atoms with E-state index in [0.29, 0.717) is 17.1 Å². The SMILES string of the molecule is N#Cc1ccc(Oc2ccc(C(N)CO)cc2)cc1. The lowest BCUT2D eigenvalue weighted by molar-refractivity contribution is 0.268. The molecule has 1 atom stereocenters. The Morgan fingerprint density at radius 1 is 1.05 bits per heavy atom. The molecule has 0 aromatic heterocycles. The lowest BCUT2D eigenvalue weighted by Gasteiger charge is -2.10. The number of nitrogens with two attached hydrogens (primary N) is 1. The van der Waals surface area contributed by atoms with Gasteiger partial charge in [0.2, 0.25) is 0 Å². The van der Waals surface area contributed by atoms with E-state index in [1.165, 1.54) is 0 Å². The molecule has 0 fully saturated rings. The summed E-state index contributed by atoms with van der Waals surface area (Å²) in [4.78, 5) is 0. The molecule has 0 spiro atoms. The quantitative estimate of drug-likeness (QED) is 0.877. The van der Waals surface area contributed by atoms with Crippen molar-refractivity contribution in [2.75, 3.05) is 6.61 Å². The van der Waals surface area contributed by atoms with Crippen molar-refractivity contribution in [1.82, 2.24) is 0 Å². The maximum atomic E-state index is 8.96. The largest absolute Gasteiger partial charge is 0.457 e. The van der Waals surface area contributed by atoms with E-state index in [1.807, 2.05) is 12.1 Å². The van der Waals surface area contributed by atoms with Crippen LogP contribution in [0.15, 0.2) is 48.5 Å². The van der Waals surface area contributed by atoms with Gasteiger partial charge in [0, 0.05) is 0 Å². The summed E-state index contributed by atoms with van der Waals surface area (Å²) in [5, 5.41) is 17.7. The molecule has 0 aliphatic heterocycles. The van der Waals surface area contributed by atoms with Crippen LogP contribution in [0.3, 0.4) is 0 Å². The number of hydrogen-bond donors (Lipinski definition) is 2. The summed E-state index contributed by atoms with van der Waals surface area (Å²) in [6.45, 7) is -0.0875. The standard InChI is InChI=1S/C15H14N2O2/c16-9-11-1-5-13(6-2-11)19-14-7-3-12(4-8-14)15(17)10-18/h1-8,15,18H,10,17H2. The van der Waals surface area contributed by atoms with Crippen LogP contribution < -0.4 is 10.5 Å². The molecule has 4 heteroatoms. The molecular weight excluding hydrogens is 240 g/mol. The lowest BCUT2D eigenvalue weighted by Crippen LogP contribution is -2.14. The molecule has 0 amide bonds. The fraction of sp³-hybridized carbons (Fsp3) is 0.133. The summed E-state index contributed by atoms with van der Waals surface area (Å²) in [7, 11) is 0. The van der Waals surface area contributed by atoms with Crippen LogP contribution in [0.5, 0.6) is 11.5 Å². The van der Waals surface area contributed by atoms with Gasteiger partial charge in [-0.05, 0) is 42.0 Å². The number of benzene rings is 2. The van der Waals surface area contributed by atoms with E-state index in [-0.39, 0.29) is 12.6 Å². The van der Waals surface area contributed by atoms with Crippen molar-refractivity contribution in [2.24, 2.45) is 5.73 Å². The van der Waals surface area contributed by atoms with Crippen LogP contribution in [0.25, 0.3) is 0 Å². The summed E-state index contributed by atoms with van der Waals surface area (Å²) in [5.74, 6) is 1.34. The van der Waals surface area contributed by atoms with Crippen molar-refractivity contribution in [1.29, 1.82) is 5.26 Å². The van der Waals surface area contributed by atoms with Crippen LogP contribution in [0.4, 0.5) is 0 Å². The van der Waals surface area contributed by atoms with Gasteiger partial charge in [-0.1, -0.05) is 12.1 Å². The average molecular weight is 254 g/mol. The third kappa shape index (κ3) is 3.32. The van der Waals surface area contributed by atoms with E-state index in [4.69, 9.17) is 20.8 Å². The predicted molar refractivity (Wildman–Crippen MR) is 71.7 cm³/mol. The zero-order chi connectivity index (χ0) is 13.7. The summed E-state index contributed by atoms with van der Waals surface area (Å²) in [5.41, 5.74) is 7.16. The van der Waals surface area contributed by atoms with Gasteiger partial charge in [-0.2, -0.15) is 5.26 Å². The van der Waals surface area contributed by atoms with E-state index >= 15 is 0 Å². The number of nitriles is 1. The van der Waals surface area contributed by atoms with Crippen LogP contribution in [-0.4, -0.2) is 11.7 Å². The first-order valence-corrected chi connectivity index (χ1v) is 5.87. The zero-order valence-corrected chi connectivity index (χ0v) is 10.3. The Hall–Kier alpha value is -2.35. The lowest BCUT2D eigenvalue weighted by atomic mass is 10.1. The molecule has 0 aliphatic carbocycles. The Morgan fingerprint density at radius 2 is 1.58 bits per heavy atom. The molecule has 4 nitrogen and oxygen atoms in total. The fourth-order valence-corrected chi connectivity index (χ4v) is 1.62. The van der Waals surface area contributed by atoms with E-state index in [2.05, 4.69) is 6.07 Å². The second-order valence-corrected chi connectivity index (χ2v) is 4.10. The molecule has 0 radical (unpaired) electrons. The minimum Gasteiger partial charge on any atom is -0.457 e. The highest BCUT2D eigenvalue weighted by Gasteiger charge is 2.04. The van der Waals surface area contributed by atoms with Crippen LogP contribution in [-0.2, 0) is 0 Å². The molecule has 19 heavy (non-hydrogen) atoms. The van der Waals surface area contributed by atoms with Crippen LogP contribution in [0.2, 0.25) is 0 Å². The molecular formula is C15H14N2O2. The number of hydrogen-bond acceptors (Lipinski definition) is 4. The van der Waals surface area contributed by atoms with Crippen LogP contribution in [0, 0.1) is 11.3 Å². The van der Waals surface area contributed by atoms with Crippen molar-refractivity contribution in [3.63, 3.8) is 0 Å². The Balaban J connectivity index is 2.08. The fourth-order valence-electron chi connectivity index (χ4n) is 1.62. The predicted octanol–water partition coefficient (Wildman–Crippen LogP) is 2.34. The highest BCUT2D eigenvalue weighted by atomic mass is 16.5. The highest BCUT2D eigenvalue weighted by molar-refractivity contribution is 5.38. The third-order valence-corrected chi connectivity index (χ3v) is 2.72. The van der Waals surface area contributed by atoms with Gasteiger partial charge in [-0.3, -0.25) is 0 Å². The van der Waals surface area contributed by atoms with E-state index in [0.717, 1.165) is 5.56 Å². The molecule has 96 valence electrons. The average Bonchev–Trinajstić information content (AvgIpc) is 2.48. The highest BCUT2D eigenvalue weighted by Crippen LogP contribution is 2.23. The molecule has 0 bridgehead atoms. The number of nitrogens with zero attached hydrogens (tertiary/aromatic N) is 1. The molecule has 2 aromatic carbocycles. The smallest absolute Gasteiger partial charge is 0.127 e. The number of ether oxygens (including phenoxy) is 1. The van der Waals surface area contributed by atoms with E-state index < -0.39 is 0 Å². The number of rotatable bonds is 4. The van der Waals surface area contributed by atoms with Crippen molar-refractivity contribution < 1.29 is 9.84 Å². The van der Waals surface area contributed by atoms with Crippen molar-refractivity contribution in [2.45, 2.75) is 6.04 Å². The first-order valence-electron chi connectivity index (χ1n) is 5.87. The Kier molecular flexibility index (Phi) is 4.14. The van der Waals surface area contributed by atoms with Gasteiger partial charge in [0.25, 0.3) is 0 Å². The molecule has 2 rings (SSSR count). The number of aliphatic hydroxyl groups is 1. The monoisotopic (exact) mass is 254 g/mol. The first kappa shape index (κ1) is 13.1. The van der Waals surface area contributed by atoms with Gasteiger partial charge >= 0.3 is 0 Å².